The van der Waals surface area contributed by atoms with Crippen LogP contribution in [0.25, 0.3) is 0 Å². The first-order chi connectivity index (χ1) is 9.70. The van der Waals surface area contributed by atoms with Gasteiger partial charge >= 0.3 is 0 Å². The van der Waals surface area contributed by atoms with E-state index in [-0.39, 0.29) is 17.3 Å². The molecule has 0 radical (unpaired) electrons. The number of benzene rings is 1. The summed E-state index contributed by atoms with van der Waals surface area (Å²) >= 11 is 3.28. The predicted octanol–water partition coefficient (Wildman–Crippen LogP) is 1.73. The molecule has 0 aliphatic heterocycles. The van der Waals surface area contributed by atoms with Gasteiger partial charge in [0.15, 0.2) is 9.84 Å². The molecular formula is C14H21BrN2O3S. The van der Waals surface area contributed by atoms with Crippen LogP contribution in [0.5, 0.6) is 0 Å². The van der Waals surface area contributed by atoms with Gasteiger partial charge in [-0.2, -0.15) is 0 Å². The van der Waals surface area contributed by atoms with Crippen molar-refractivity contribution < 1.29 is 13.2 Å². The normalized spacial score (nSPS) is 12.2. The summed E-state index contributed by atoms with van der Waals surface area (Å²) < 4.78 is 25.0. The highest BCUT2D eigenvalue weighted by molar-refractivity contribution is 9.10. The van der Waals surface area contributed by atoms with Gasteiger partial charge in [0, 0.05) is 24.0 Å². The molecule has 0 aliphatic carbocycles. The number of hydrogen-bond donors (Lipinski definition) is 2. The summed E-state index contributed by atoms with van der Waals surface area (Å²) in [6.07, 6.45) is 0.324. The molecule has 118 valence electrons. The first-order valence-electron chi connectivity index (χ1n) is 6.62. The number of rotatable bonds is 7. The highest BCUT2D eigenvalue weighted by Crippen LogP contribution is 2.26. The Morgan fingerprint density at radius 3 is 2.33 bits per heavy atom. The highest BCUT2D eigenvalue weighted by Gasteiger charge is 2.35. The van der Waals surface area contributed by atoms with Crippen LogP contribution in [0.3, 0.4) is 0 Å². The van der Waals surface area contributed by atoms with Crippen LogP contribution in [-0.2, 0) is 14.6 Å². The molecule has 0 atom stereocenters. The summed E-state index contributed by atoms with van der Waals surface area (Å²) in [5, 5.41) is 5.55. The second-order valence-electron chi connectivity index (χ2n) is 5.35. The largest absolute Gasteiger partial charge is 0.354 e. The molecule has 1 aromatic carbocycles. The van der Waals surface area contributed by atoms with E-state index in [0.717, 1.165) is 4.47 Å². The lowest BCUT2D eigenvalue weighted by Crippen LogP contribution is -2.44. The van der Waals surface area contributed by atoms with E-state index < -0.39 is 14.6 Å². The van der Waals surface area contributed by atoms with E-state index in [1.54, 1.807) is 45.2 Å². The molecule has 5 nitrogen and oxygen atoms in total. The molecule has 0 saturated heterocycles. The number of nitrogens with one attached hydrogen (secondary N) is 2. The maximum atomic E-state index is 12.6. The molecule has 0 aromatic heterocycles. The fourth-order valence-corrected chi connectivity index (χ4v) is 3.33. The van der Waals surface area contributed by atoms with E-state index in [0.29, 0.717) is 13.0 Å². The van der Waals surface area contributed by atoms with Gasteiger partial charge in [0.2, 0.25) is 5.91 Å². The van der Waals surface area contributed by atoms with E-state index in [1.807, 2.05) is 0 Å². The topological polar surface area (TPSA) is 75.3 Å². The Morgan fingerprint density at radius 1 is 1.24 bits per heavy atom. The van der Waals surface area contributed by atoms with Gasteiger partial charge in [0.25, 0.3) is 0 Å². The first kappa shape index (κ1) is 18.1. The minimum Gasteiger partial charge on any atom is -0.354 e. The lowest BCUT2D eigenvalue weighted by Gasteiger charge is -2.25. The zero-order valence-corrected chi connectivity index (χ0v) is 14.8. The second-order valence-corrected chi connectivity index (χ2v) is 8.85. The smallest absolute Gasteiger partial charge is 0.221 e. The lowest BCUT2D eigenvalue weighted by atomic mass is 10.2. The van der Waals surface area contributed by atoms with Crippen molar-refractivity contribution in [1.29, 1.82) is 0 Å². The van der Waals surface area contributed by atoms with E-state index in [4.69, 9.17) is 0 Å². The van der Waals surface area contributed by atoms with Gasteiger partial charge in [0.1, 0.15) is 0 Å². The predicted molar refractivity (Wildman–Crippen MR) is 87.0 cm³/mol. The molecule has 2 N–H and O–H groups in total. The third-order valence-electron chi connectivity index (χ3n) is 3.16. The van der Waals surface area contributed by atoms with Crippen LogP contribution >= 0.6 is 15.9 Å². The van der Waals surface area contributed by atoms with Crippen molar-refractivity contribution in [2.45, 2.75) is 29.9 Å². The molecule has 0 unspecified atom stereocenters. The maximum absolute atomic E-state index is 12.6. The molecule has 0 spiro atoms. The molecule has 0 aliphatic rings. The molecule has 0 heterocycles. The number of carbonyl (C=O) groups is 1. The van der Waals surface area contributed by atoms with E-state index in [9.17, 15) is 13.2 Å². The van der Waals surface area contributed by atoms with Crippen LogP contribution in [0.4, 0.5) is 0 Å². The van der Waals surface area contributed by atoms with Gasteiger partial charge in [-0.1, -0.05) is 15.9 Å². The summed E-state index contributed by atoms with van der Waals surface area (Å²) in [5.41, 5.74) is 0. The first-order valence-corrected chi connectivity index (χ1v) is 8.90. The van der Waals surface area contributed by atoms with Gasteiger partial charge in [0.05, 0.1) is 9.64 Å². The van der Waals surface area contributed by atoms with Gasteiger partial charge in [-0.05, 0) is 45.2 Å². The van der Waals surface area contributed by atoms with Gasteiger partial charge in [-0.25, -0.2) is 8.42 Å². The molecule has 7 heteroatoms. The molecular weight excluding hydrogens is 356 g/mol. The summed E-state index contributed by atoms with van der Waals surface area (Å²) in [5.74, 6) is -0.163. The van der Waals surface area contributed by atoms with Crippen LogP contribution in [0.2, 0.25) is 0 Å². The molecule has 1 aromatic rings. The SMILES string of the molecule is CNCCC(=O)NCC(C)(C)S(=O)(=O)c1ccc(Br)cc1. The Hall–Kier alpha value is -0.920. The van der Waals surface area contributed by atoms with E-state index >= 15 is 0 Å². The highest BCUT2D eigenvalue weighted by atomic mass is 79.9. The van der Waals surface area contributed by atoms with Crippen molar-refractivity contribution in [3.63, 3.8) is 0 Å². The van der Waals surface area contributed by atoms with Gasteiger partial charge in [-0.3, -0.25) is 4.79 Å². The Bertz CT molecular complexity index is 583. The third-order valence-corrected chi connectivity index (χ3v) is 6.19. The number of halogens is 1. The number of hydrogen-bond acceptors (Lipinski definition) is 4. The number of carbonyl (C=O) groups excluding carboxylic acids is 1. The van der Waals surface area contributed by atoms with Crippen LogP contribution in [-0.4, -0.2) is 39.2 Å². The molecule has 1 amide bonds. The van der Waals surface area contributed by atoms with Crippen LogP contribution in [0.1, 0.15) is 20.3 Å². The Kier molecular flexibility index (Phi) is 6.37. The average molecular weight is 377 g/mol. The summed E-state index contributed by atoms with van der Waals surface area (Å²) in [7, 11) is -1.76. The van der Waals surface area contributed by atoms with E-state index in [1.165, 1.54) is 0 Å². The Balaban J connectivity index is 2.80. The van der Waals surface area contributed by atoms with Crippen molar-refractivity contribution in [3.8, 4) is 0 Å². The number of amides is 1. The minimum absolute atomic E-state index is 0.0773. The molecule has 0 bridgehead atoms. The average Bonchev–Trinajstić information content (AvgIpc) is 2.43. The summed E-state index contributed by atoms with van der Waals surface area (Å²) in [6, 6.07) is 6.50. The Labute approximate surface area is 134 Å². The maximum Gasteiger partial charge on any atom is 0.221 e. The van der Waals surface area contributed by atoms with Crippen LogP contribution in [0.15, 0.2) is 33.6 Å². The van der Waals surface area contributed by atoms with Crippen molar-refractivity contribution in [2.75, 3.05) is 20.1 Å². The fraction of sp³-hybridized carbons (Fsp3) is 0.500. The third kappa shape index (κ3) is 4.79. The van der Waals surface area contributed by atoms with Crippen LogP contribution in [0, 0.1) is 0 Å². The van der Waals surface area contributed by atoms with Crippen molar-refractivity contribution in [3.05, 3.63) is 28.7 Å². The quantitative estimate of drug-likeness (QED) is 0.759. The van der Waals surface area contributed by atoms with Crippen molar-refractivity contribution in [2.24, 2.45) is 0 Å². The summed E-state index contributed by atoms with van der Waals surface area (Å²) in [4.78, 5) is 11.9. The zero-order chi connectivity index (χ0) is 16.1. The van der Waals surface area contributed by atoms with Crippen LogP contribution < -0.4 is 10.6 Å². The Morgan fingerprint density at radius 2 is 1.81 bits per heavy atom. The second kappa shape index (κ2) is 7.38. The molecule has 1 rings (SSSR count). The fourth-order valence-electron chi connectivity index (χ4n) is 1.67. The number of sulfone groups is 1. The molecule has 21 heavy (non-hydrogen) atoms. The minimum atomic E-state index is -3.52. The molecule has 0 fully saturated rings. The van der Waals surface area contributed by atoms with Crippen molar-refractivity contribution in [1.82, 2.24) is 10.6 Å². The zero-order valence-electron chi connectivity index (χ0n) is 12.4. The van der Waals surface area contributed by atoms with Gasteiger partial charge in [-0.15, -0.1) is 0 Å². The monoisotopic (exact) mass is 376 g/mol. The standard InChI is InChI=1S/C14H21BrN2O3S/c1-14(2,10-17-13(18)8-9-16-3)21(19,20)12-6-4-11(15)5-7-12/h4-7,16H,8-10H2,1-3H3,(H,17,18). The lowest BCUT2D eigenvalue weighted by molar-refractivity contribution is -0.121. The van der Waals surface area contributed by atoms with E-state index in [2.05, 4.69) is 26.6 Å². The summed E-state index contributed by atoms with van der Waals surface area (Å²) in [6.45, 7) is 3.87. The van der Waals surface area contributed by atoms with Gasteiger partial charge < -0.3 is 10.6 Å². The van der Waals surface area contributed by atoms with Crippen molar-refractivity contribution >= 4 is 31.7 Å². The molecule has 0 saturated carbocycles.